The van der Waals surface area contributed by atoms with Crippen LogP contribution >= 0.6 is 31.0 Å². The van der Waals surface area contributed by atoms with E-state index in [4.69, 9.17) is 54.8 Å². The van der Waals surface area contributed by atoms with E-state index in [1.54, 1.807) is 54.6 Å². The number of halogens is 22. The van der Waals surface area contributed by atoms with E-state index in [9.17, 15) is 132 Å². The Morgan fingerprint density at radius 2 is 0.690 bits per heavy atom. The molecule has 0 saturated carbocycles. The Labute approximate surface area is 675 Å². The van der Waals surface area contributed by atoms with E-state index in [-0.39, 0.29) is 58.6 Å². The van der Waals surface area contributed by atoms with Crippen molar-refractivity contribution >= 4 is 102 Å². The predicted molar refractivity (Wildman–Crippen MR) is 363 cm³/mol. The summed E-state index contributed by atoms with van der Waals surface area (Å²) in [5.41, 5.74) is -1.65. The number of alkyl halides is 3. The molecule has 0 unspecified atom stereocenters. The summed E-state index contributed by atoms with van der Waals surface area (Å²) in [6, 6.07) is 75.2. The van der Waals surface area contributed by atoms with Crippen LogP contribution in [-0.2, 0) is 62.6 Å². The molecule has 0 heterocycles. The molecule has 0 bridgehead atoms. The van der Waals surface area contributed by atoms with Crippen LogP contribution in [0.1, 0.15) is 32.6 Å². The summed E-state index contributed by atoms with van der Waals surface area (Å²) in [4.78, 5) is 21.6. The zero-order chi connectivity index (χ0) is 89.0. The number of aryl methyl sites for hydroxylation is 3. The third-order valence-corrected chi connectivity index (χ3v) is 19.9. The normalized spacial score (nSPS) is 11.5. The van der Waals surface area contributed by atoms with Crippen molar-refractivity contribution in [2.24, 2.45) is 0 Å². The van der Waals surface area contributed by atoms with Crippen molar-refractivity contribution in [1.82, 2.24) is 0 Å². The van der Waals surface area contributed by atoms with Crippen molar-refractivity contribution in [2.75, 3.05) is 0 Å². The predicted octanol–water partition coefficient (Wildman–Crippen LogP) is 5.89. The third kappa shape index (κ3) is 52.5. The summed E-state index contributed by atoms with van der Waals surface area (Å²) in [6.07, 6.45) is 0.000278. The number of carboxylic acid groups (broad SMARTS) is 2. The van der Waals surface area contributed by atoms with E-state index < -0.39 is 117 Å². The summed E-state index contributed by atoms with van der Waals surface area (Å²) in [5.74, 6) is -15.0. The Bertz CT molecular complexity index is 4910. The number of benzene rings is 10. The molecule has 116 heavy (non-hydrogen) atoms. The summed E-state index contributed by atoms with van der Waals surface area (Å²) in [7, 11) is -39.7. The van der Waals surface area contributed by atoms with Gasteiger partial charge in [-0.2, -0.15) is 13.2 Å². The van der Waals surface area contributed by atoms with Gasteiger partial charge in [-0.1, -0.05) is 185 Å². The molecular formula is C67H51BCl3F18IO20PS5-7. The van der Waals surface area contributed by atoms with Gasteiger partial charge >= 0.3 is 67.2 Å². The fourth-order valence-corrected chi connectivity index (χ4v) is 13.8. The molecule has 0 aromatic heterocycles. The Morgan fingerprint density at radius 1 is 0.440 bits per heavy atom. The van der Waals surface area contributed by atoms with E-state index in [0.29, 0.717) is 0 Å². The number of carbonyl (C=O) groups is 2. The first kappa shape index (κ1) is 110. The number of hydrogen-bond acceptors (Lipinski definition) is 20. The van der Waals surface area contributed by atoms with E-state index in [2.05, 4.69) is 103 Å². The fourth-order valence-electron chi connectivity index (χ4n) is 6.90. The standard InChI is InChI=1S/C18H15S.C12H8Cl2I.C9H10O2.2C7H8O3S.C7H6O2.C6HF5O3S.CHF3O3S.BF3.ClHO4.F6P.FH/c1-4-10-16(11-5-1)19(17-12-6-2-7-13-17)18-14-8-3-9-15-18;13-9-3-1-5-11(7-9)15-12-6-2-4-10(14)8-12;1-7-2-4-8(5-3-7)6-9(10)11;2*1-6-2-4-7(5-3-6)11(8,9)10;8-7(9)6-4-2-1-3-5-6;7-1-2(8)4(10)6(15(12,13)14)5(11)3(1)9;2-1(3,4)8(5,6)7;2-1(3)4;2-1(3,4)5;1-7(2,3,4,5)6;/h1-15H;1-8H;2-5H,6H2,1H3,(H,10,11);2*2-5H,1H3,(H,8,9,10);1-5H,(H,8,9);(H,12,13,14);(H,5,6,7);;(H,2,3,4,5);;1H/q2*+1;;;;;;;;;-1;/p-8. The number of hydrogen-bond donors (Lipinski definition) is 0. The van der Waals surface area contributed by atoms with Crippen molar-refractivity contribution in [3.05, 3.63) is 317 Å². The molecule has 49 heteroatoms. The van der Waals surface area contributed by atoms with Crippen LogP contribution in [0.3, 0.4) is 0 Å². The Morgan fingerprint density at radius 3 is 0.905 bits per heavy atom. The van der Waals surface area contributed by atoms with Crippen LogP contribution in [0.4, 0.5) is 73.3 Å². The fraction of sp³-hybridized carbons (Fsp3) is 0.0746. The Kier molecular flexibility index (Phi) is 46.1. The summed E-state index contributed by atoms with van der Waals surface area (Å²) < 4.78 is 339. The van der Waals surface area contributed by atoms with E-state index >= 15 is 0 Å². The average molecular weight is 1950 g/mol. The molecule has 0 spiro atoms. The zero-order valence-electron chi connectivity index (χ0n) is 57.8. The van der Waals surface area contributed by atoms with Crippen LogP contribution < -0.4 is 54.8 Å². The molecule has 0 atom stereocenters. The van der Waals surface area contributed by atoms with E-state index in [1.165, 1.54) is 58.2 Å². The maximum absolute atomic E-state index is 12.6. The minimum absolute atomic E-state index is 0. The van der Waals surface area contributed by atoms with Crippen LogP contribution in [-0.4, -0.2) is 76.9 Å². The quantitative estimate of drug-likeness (QED) is 0.0168. The van der Waals surface area contributed by atoms with Crippen LogP contribution in [0.15, 0.2) is 272 Å². The first-order chi connectivity index (χ1) is 52.3. The van der Waals surface area contributed by atoms with Gasteiger partial charge in [0.2, 0.25) is 5.82 Å². The number of rotatable bonds is 11. The van der Waals surface area contributed by atoms with Crippen molar-refractivity contribution in [1.29, 1.82) is 0 Å². The van der Waals surface area contributed by atoms with Crippen molar-refractivity contribution in [2.45, 2.75) is 62.1 Å². The molecule has 0 aliphatic rings. The summed E-state index contributed by atoms with van der Waals surface area (Å²) >= 11 is 11.7. The molecule has 20 nitrogen and oxygen atoms in total. The molecule has 10 aromatic carbocycles. The molecule has 0 amide bonds. The Hall–Kier alpha value is -8.20. The van der Waals surface area contributed by atoms with Crippen LogP contribution in [0.25, 0.3) is 0 Å². The molecule has 638 valence electrons. The zero-order valence-corrected chi connectivity index (χ0v) is 67.2. The largest absolute Gasteiger partial charge is 1.00 e. The van der Waals surface area contributed by atoms with Gasteiger partial charge in [-0.3, -0.25) is 12.9 Å². The van der Waals surface area contributed by atoms with Gasteiger partial charge in [-0.15, -0.1) is 10.2 Å². The molecule has 0 radical (unpaired) electrons. The molecular weight excluding hydrogens is 1900 g/mol. The summed E-state index contributed by atoms with van der Waals surface area (Å²) in [5, 5.41) is 21.8. The maximum atomic E-state index is 12.6. The van der Waals surface area contributed by atoms with E-state index in [1.807, 2.05) is 69.3 Å². The molecule has 0 aliphatic carbocycles. The molecule has 10 rings (SSSR count). The minimum atomic E-state index is -10.7. The van der Waals surface area contributed by atoms with Gasteiger partial charge < -0.3 is 42.7 Å². The van der Waals surface area contributed by atoms with Crippen LogP contribution in [0, 0.1) is 67.2 Å². The SMILES string of the molecule is Cc1ccc(CC(=O)[O-])cc1.Cc1ccc(S(=O)(=O)[O-])cc1.Cc1ccc(S(=O)(=O)[O-])cc1.Clc1cccc([I+]c2cccc(Cl)c2)c1.FB(F)F.F[P-](F)(F)(F)(F)F.O=C([O-])c1ccccc1.O=S(=O)([O-])C(F)(F)F.O=S(=O)([O-])c1c(F)c(F)c(F)c(F)c1F.[F-].[O-][Cl+3]([O-])([O-])[O-].c1ccc([S+](c2ccccc2)c2ccccc2)cc1. The van der Waals surface area contributed by atoms with Crippen molar-refractivity contribution in [3.63, 3.8) is 0 Å². The number of carbonyl (C=O) groups excluding carboxylic acids is 2. The number of aromatic carboxylic acids is 1. The van der Waals surface area contributed by atoms with Crippen molar-refractivity contribution in [3.8, 4) is 0 Å². The molecule has 0 aliphatic heterocycles. The molecule has 0 N–H and O–H groups in total. The van der Waals surface area contributed by atoms with Gasteiger partial charge in [0.15, 0.2) is 55.2 Å². The monoisotopic (exact) mass is 1950 g/mol. The van der Waals surface area contributed by atoms with Gasteiger partial charge in [0.05, 0.1) is 26.7 Å². The smallest absolute Gasteiger partial charge is 0.485 e. The second kappa shape index (κ2) is 48.6. The second-order valence-electron chi connectivity index (χ2n) is 20.8. The first-order valence-corrected chi connectivity index (χ1v) is 42.5. The first-order valence-electron chi connectivity index (χ1n) is 29.5. The van der Waals surface area contributed by atoms with Crippen molar-refractivity contribution < 1.29 is 200 Å². The maximum Gasteiger partial charge on any atom is 0.485 e. The molecule has 10 aromatic rings. The second-order valence-corrected chi connectivity index (χ2v) is 34.8. The summed E-state index contributed by atoms with van der Waals surface area (Å²) in [6.45, 7) is 5.60. The Balaban J connectivity index is 0. The topological polar surface area (TPSA) is 401 Å². The van der Waals surface area contributed by atoms with Crippen LogP contribution in [0.2, 0.25) is 10.0 Å². The van der Waals surface area contributed by atoms with Gasteiger partial charge in [-0.25, -0.2) is 74.3 Å². The molecule has 0 saturated heterocycles. The number of aliphatic carboxylic acids is 1. The number of carboxylic acids is 2. The average Bonchev–Trinajstić information content (AvgIpc) is 0.827. The third-order valence-electron chi connectivity index (χ3n) is 11.5. The van der Waals surface area contributed by atoms with Gasteiger partial charge in [0.1, 0.15) is 35.2 Å². The van der Waals surface area contributed by atoms with Gasteiger partial charge in [-0.05, 0) is 117 Å². The van der Waals surface area contributed by atoms with Gasteiger partial charge in [0, 0.05) is 34.6 Å². The van der Waals surface area contributed by atoms with Crippen LogP contribution in [0.5, 0.6) is 0 Å². The van der Waals surface area contributed by atoms with Gasteiger partial charge in [0.25, 0.3) is 0 Å². The van der Waals surface area contributed by atoms with E-state index in [0.717, 1.165) is 32.3 Å². The minimum Gasteiger partial charge on any atom is -1.00 e. The molecule has 0 fully saturated rings.